The standard InChI is InChI=1S/C19H20BrN3O/c1-14(2)23(12-15-6-4-3-5-7-15)13-18-21-22-19(24-18)16-8-10-17(20)11-9-16/h3-11,14H,12-13H2,1-2H3. The fourth-order valence-electron chi connectivity index (χ4n) is 2.44. The molecule has 0 atom stereocenters. The van der Waals surface area contributed by atoms with E-state index in [0.29, 0.717) is 24.4 Å². The molecule has 0 radical (unpaired) electrons. The van der Waals surface area contributed by atoms with Crippen LogP contribution >= 0.6 is 15.9 Å². The largest absolute Gasteiger partial charge is 0.419 e. The molecule has 0 fully saturated rings. The van der Waals surface area contributed by atoms with E-state index in [-0.39, 0.29) is 0 Å². The number of hydrogen-bond donors (Lipinski definition) is 0. The van der Waals surface area contributed by atoms with Crippen LogP contribution in [0.25, 0.3) is 11.5 Å². The summed E-state index contributed by atoms with van der Waals surface area (Å²) < 4.78 is 6.88. The maximum atomic E-state index is 5.85. The van der Waals surface area contributed by atoms with Crippen molar-refractivity contribution in [3.8, 4) is 11.5 Å². The molecule has 0 spiro atoms. The van der Waals surface area contributed by atoms with E-state index in [1.54, 1.807) is 0 Å². The predicted molar refractivity (Wildman–Crippen MR) is 98.3 cm³/mol. The van der Waals surface area contributed by atoms with Crippen LogP contribution in [-0.4, -0.2) is 21.1 Å². The zero-order valence-corrected chi connectivity index (χ0v) is 15.4. The summed E-state index contributed by atoms with van der Waals surface area (Å²) in [5, 5.41) is 8.39. The average Bonchev–Trinajstić information content (AvgIpc) is 3.04. The topological polar surface area (TPSA) is 42.2 Å². The van der Waals surface area contributed by atoms with Gasteiger partial charge in [-0.25, -0.2) is 0 Å². The predicted octanol–water partition coefficient (Wildman–Crippen LogP) is 4.91. The molecule has 0 amide bonds. The molecule has 0 aliphatic carbocycles. The Hall–Kier alpha value is -1.98. The summed E-state index contributed by atoms with van der Waals surface area (Å²) >= 11 is 3.43. The smallest absolute Gasteiger partial charge is 0.247 e. The Bertz CT molecular complexity index is 769. The van der Waals surface area contributed by atoms with Gasteiger partial charge in [-0.1, -0.05) is 46.3 Å². The van der Waals surface area contributed by atoms with Crippen LogP contribution in [-0.2, 0) is 13.1 Å². The maximum absolute atomic E-state index is 5.85. The number of rotatable bonds is 6. The van der Waals surface area contributed by atoms with Gasteiger partial charge in [0.15, 0.2) is 0 Å². The monoisotopic (exact) mass is 385 g/mol. The van der Waals surface area contributed by atoms with Crippen molar-refractivity contribution in [2.75, 3.05) is 0 Å². The summed E-state index contributed by atoms with van der Waals surface area (Å²) in [6.07, 6.45) is 0. The maximum Gasteiger partial charge on any atom is 0.247 e. The molecule has 24 heavy (non-hydrogen) atoms. The number of aromatic nitrogens is 2. The van der Waals surface area contributed by atoms with Crippen LogP contribution in [0.2, 0.25) is 0 Å². The van der Waals surface area contributed by atoms with Gasteiger partial charge in [0.25, 0.3) is 0 Å². The van der Waals surface area contributed by atoms with E-state index in [1.807, 2.05) is 30.3 Å². The molecular formula is C19H20BrN3O. The number of halogens is 1. The van der Waals surface area contributed by atoms with Gasteiger partial charge in [0.2, 0.25) is 11.8 Å². The van der Waals surface area contributed by atoms with Gasteiger partial charge in [0, 0.05) is 22.6 Å². The molecule has 0 N–H and O–H groups in total. The Morgan fingerprint density at radius 3 is 2.33 bits per heavy atom. The molecule has 3 rings (SSSR count). The molecule has 1 heterocycles. The van der Waals surface area contributed by atoms with Crippen molar-refractivity contribution in [1.29, 1.82) is 0 Å². The van der Waals surface area contributed by atoms with Gasteiger partial charge in [0.05, 0.1) is 6.54 Å². The lowest BCUT2D eigenvalue weighted by molar-refractivity contribution is 0.184. The van der Waals surface area contributed by atoms with Crippen LogP contribution in [0, 0.1) is 0 Å². The molecule has 0 saturated heterocycles. The van der Waals surface area contributed by atoms with Crippen LogP contribution in [0.5, 0.6) is 0 Å². The molecule has 0 unspecified atom stereocenters. The van der Waals surface area contributed by atoms with Gasteiger partial charge in [-0.3, -0.25) is 4.90 Å². The quantitative estimate of drug-likeness (QED) is 0.604. The van der Waals surface area contributed by atoms with E-state index in [4.69, 9.17) is 4.42 Å². The van der Waals surface area contributed by atoms with Crippen LogP contribution in [0.15, 0.2) is 63.5 Å². The normalized spacial score (nSPS) is 11.4. The Morgan fingerprint density at radius 2 is 1.67 bits per heavy atom. The number of benzene rings is 2. The van der Waals surface area contributed by atoms with Crippen molar-refractivity contribution in [3.05, 3.63) is 70.5 Å². The highest BCUT2D eigenvalue weighted by molar-refractivity contribution is 9.10. The first-order chi connectivity index (χ1) is 11.6. The third-order valence-corrected chi connectivity index (χ3v) is 4.38. The second-order valence-corrected chi connectivity index (χ2v) is 6.91. The second-order valence-electron chi connectivity index (χ2n) is 5.99. The van der Waals surface area contributed by atoms with E-state index < -0.39 is 0 Å². The summed E-state index contributed by atoms with van der Waals surface area (Å²) in [5.41, 5.74) is 2.20. The zero-order valence-electron chi connectivity index (χ0n) is 13.8. The second kappa shape index (κ2) is 7.73. The highest BCUT2D eigenvalue weighted by Crippen LogP contribution is 2.21. The molecule has 5 heteroatoms. The minimum absolute atomic E-state index is 0.383. The first kappa shape index (κ1) is 16.9. The SMILES string of the molecule is CC(C)N(Cc1ccccc1)Cc1nnc(-c2ccc(Br)cc2)o1. The fraction of sp³-hybridized carbons (Fsp3) is 0.263. The van der Waals surface area contributed by atoms with Gasteiger partial charge in [0.1, 0.15) is 0 Å². The minimum Gasteiger partial charge on any atom is -0.419 e. The molecule has 0 aliphatic heterocycles. The molecular weight excluding hydrogens is 366 g/mol. The summed E-state index contributed by atoms with van der Waals surface area (Å²) in [4.78, 5) is 2.31. The van der Waals surface area contributed by atoms with Crippen molar-refractivity contribution >= 4 is 15.9 Å². The van der Waals surface area contributed by atoms with Crippen molar-refractivity contribution in [2.24, 2.45) is 0 Å². The third-order valence-electron chi connectivity index (χ3n) is 3.86. The van der Waals surface area contributed by atoms with Crippen LogP contribution in [0.4, 0.5) is 0 Å². The minimum atomic E-state index is 0.383. The average molecular weight is 386 g/mol. The summed E-state index contributed by atoms with van der Waals surface area (Å²) in [6, 6.07) is 18.7. The molecule has 0 aliphatic rings. The number of nitrogens with zero attached hydrogens (tertiary/aromatic N) is 3. The molecule has 0 saturated carbocycles. The van der Waals surface area contributed by atoms with Crippen molar-refractivity contribution in [1.82, 2.24) is 15.1 Å². The molecule has 2 aromatic carbocycles. The van der Waals surface area contributed by atoms with Crippen molar-refractivity contribution < 1.29 is 4.42 Å². The molecule has 1 aromatic heterocycles. The van der Waals surface area contributed by atoms with Crippen LogP contribution in [0.1, 0.15) is 25.3 Å². The van der Waals surface area contributed by atoms with Gasteiger partial charge >= 0.3 is 0 Å². The summed E-state index contributed by atoms with van der Waals surface area (Å²) in [5.74, 6) is 1.19. The van der Waals surface area contributed by atoms with Crippen LogP contribution < -0.4 is 0 Å². The van der Waals surface area contributed by atoms with Crippen molar-refractivity contribution in [2.45, 2.75) is 33.0 Å². The van der Waals surface area contributed by atoms with Crippen LogP contribution in [0.3, 0.4) is 0 Å². The number of hydrogen-bond acceptors (Lipinski definition) is 4. The molecule has 124 valence electrons. The highest BCUT2D eigenvalue weighted by Gasteiger charge is 2.16. The highest BCUT2D eigenvalue weighted by atomic mass is 79.9. The summed E-state index contributed by atoms with van der Waals surface area (Å²) in [6.45, 7) is 5.84. The lowest BCUT2D eigenvalue weighted by atomic mass is 10.2. The van der Waals surface area contributed by atoms with Gasteiger partial charge in [-0.2, -0.15) is 0 Å². The van der Waals surface area contributed by atoms with Crippen molar-refractivity contribution in [3.63, 3.8) is 0 Å². The first-order valence-corrected chi connectivity index (χ1v) is 8.77. The van der Waals surface area contributed by atoms with Gasteiger partial charge < -0.3 is 4.42 Å². The zero-order chi connectivity index (χ0) is 16.9. The Labute approximate surface area is 150 Å². The Morgan fingerprint density at radius 1 is 0.958 bits per heavy atom. The molecule has 0 bridgehead atoms. The third kappa shape index (κ3) is 4.30. The van der Waals surface area contributed by atoms with E-state index >= 15 is 0 Å². The molecule has 3 aromatic rings. The summed E-state index contributed by atoms with van der Waals surface area (Å²) in [7, 11) is 0. The lowest BCUT2D eigenvalue weighted by Crippen LogP contribution is -2.29. The van der Waals surface area contributed by atoms with Gasteiger partial charge in [-0.15, -0.1) is 10.2 Å². The van der Waals surface area contributed by atoms with E-state index in [0.717, 1.165) is 16.6 Å². The Kier molecular flexibility index (Phi) is 5.43. The van der Waals surface area contributed by atoms with E-state index in [1.165, 1.54) is 5.56 Å². The van der Waals surface area contributed by atoms with E-state index in [2.05, 4.69) is 69.1 Å². The first-order valence-electron chi connectivity index (χ1n) is 7.98. The Balaban J connectivity index is 1.72. The van der Waals surface area contributed by atoms with E-state index in [9.17, 15) is 0 Å². The van der Waals surface area contributed by atoms with Gasteiger partial charge in [-0.05, 0) is 43.7 Å². The molecule has 4 nitrogen and oxygen atoms in total. The lowest BCUT2D eigenvalue weighted by Gasteiger charge is -2.24. The fourth-order valence-corrected chi connectivity index (χ4v) is 2.70.